The average Bonchev–Trinajstić information content (AvgIpc) is 2.56. The van der Waals surface area contributed by atoms with Crippen molar-refractivity contribution in [2.24, 2.45) is 0 Å². The van der Waals surface area contributed by atoms with Crippen molar-refractivity contribution in [3.63, 3.8) is 0 Å². The summed E-state index contributed by atoms with van der Waals surface area (Å²) < 4.78 is 0. The predicted octanol–water partition coefficient (Wildman–Crippen LogP) is 4.18. The van der Waals surface area contributed by atoms with Crippen molar-refractivity contribution in [1.29, 1.82) is 0 Å². The zero-order valence-electron chi connectivity index (χ0n) is 12.6. The van der Waals surface area contributed by atoms with Crippen LogP contribution in [0.2, 0.25) is 0 Å². The summed E-state index contributed by atoms with van der Waals surface area (Å²) in [5.74, 6) is 0. The van der Waals surface area contributed by atoms with Crippen LogP contribution in [0.3, 0.4) is 0 Å². The number of nitrogens with zero attached hydrogens (tertiary/aromatic N) is 2. The molecule has 1 aliphatic rings. The quantitative estimate of drug-likeness (QED) is 0.628. The number of para-hydroxylation sites is 1. The van der Waals surface area contributed by atoms with Crippen LogP contribution >= 0.6 is 0 Å². The molecule has 0 bridgehead atoms. The summed E-state index contributed by atoms with van der Waals surface area (Å²) in [5, 5.41) is 10.9. The summed E-state index contributed by atoms with van der Waals surface area (Å²) in [4.78, 5) is 13.0. The van der Waals surface area contributed by atoms with Gasteiger partial charge in [-0.1, -0.05) is 30.3 Å². The maximum Gasteiger partial charge on any atom is 0.269 e. The van der Waals surface area contributed by atoms with Crippen molar-refractivity contribution in [2.45, 2.75) is 25.7 Å². The van der Waals surface area contributed by atoms with Crippen molar-refractivity contribution >= 4 is 11.4 Å². The Kier molecular flexibility index (Phi) is 4.37. The largest absolute Gasteiger partial charge is 0.371 e. The van der Waals surface area contributed by atoms with Crippen molar-refractivity contribution in [3.05, 3.63) is 69.8 Å². The molecule has 1 fully saturated rings. The molecule has 0 saturated carbocycles. The van der Waals surface area contributed by atoms with Crippen LogP contribution in [-0.4, -0.2) is 18.0 Å². The first-order valence-electron chi connectivity index (χ1n) is 7.80. The van der Waals surface area contributed by atoms with Crippen LogP contribution in [0.1, 0.15) is 30.4 Å². The van der Waals surface area contributed by atoms with Gasteiger partial charge in [0.05, 0.1) is 4.92 Å². The van der Waals surface area contributed by atoms with Crippen LogP contribution < -0.4 is 4.90 Å². The number of benzene rings is 2. The molecule has 3 rings (SSSR count). The standard InChI is InChI=1S/C18H20N2O2/c21-20(22)17-9-6-7-15(14-17)13-16-8-2-3-10-18(16)19-11-4-1-5-12-19/h2-3,6-10,14H,1,4-5,11-13H2. The molecule has 0 atom stereocenters. The molecule has 0 aliphatic carbocycles. The molecule has 0 spiro atoms. The minimum atomic E-state index is -0.333. The lowest BCUT2D eigenvalue weighted by Crippen LogP contribution is -2.30. The number of nitro groups is 1. The van der Waals surface area contributed by atoms with E-state index in [0.29, 0.717) is 0 Å². The summed E-state index contributed by atoms with van der Waals surface area (Å²) in [7, 11) is 0. The Morgan fingerprint density at radius 3 is 2.55 bits per heavy atom. The molecule has 0 aromatic heterocycles. The van der Waals surface area contributed by atoms with Crippen molar-refractivity contribution in [3.8, 4) is 0 Å². The Bertz CT molecular complexity index is 664. The SMILES string of the molecule is O=[N+]([O-])c1cccc(Cc2ccccc2N2CCCCC2)c1. The molecule has 2 aromatic carbocycles. The molecule has 22 heavy (non-hydrogen) atoms. The van der Waals surface area contributed by atoms with Gasteiger partial charge < -0.3 is 4.90 Å². The topological polar surface area (TPSA) is 46.4 Å². The molecule has 4 heteroatoms. The Morgan fingerprint density at radius 1 is 1.00 bits per heavy atom. The van der Waals surface area contributed by atoms with Gasteiger partial charge in [0.2, 0.25) is 0 Å². The number of piperidine rings is 1. The first kappa shape index (κ1) is 14.6. The van der Waals surface area contributed by atoms with E-state index in [-0.39, 0.29) is 10.6 Å². The number of hydrogen-bond donors (Lipinski definition) is 0. The van der Waals surface area contributed by atoms with Crippen molar-refractivity contribution in [2.75, 3.05) is 18.0 Å². The van der Waals surface area contributed by atoms with Crippen molar-refractivity contribution < 1.29 is 4.92 Å². The number of hydrogen-bond acceptors (Lipinski definition) is 3. The summed E-state index contributed by atoms with van der Waals surface area (Å²) in [6.07, 6.45) is 4.52. The van der Waals surface area contributed by atoms with E-state index in [1.807, 2.05) is 12.1 Å². The summed E-state index contributed by atoms with van der Waals surface area (Å²) in [5.41, 5.74) is 3.66. The van der Waals surface area contributed by atoms with Gasteiger partial charge in [0, 0.05) is 30.9 Å². The van der Waals surface area contributed by atoms with Crippen LogP contribution in [0.4, 0.5) is 11.4 Å². The fraction of sp³-hybridized carbons (Fsp3) is 0.333. The van der Waals surface area contributed by atoms with Crippen LogP contribution in [-0.2, 0) is 6.42 Å². The molecule has 0 radical (unpaired) electrons. The highest BCUT2D eigenvalue weighted by Gasteiger charge is 2.15. The van der Waals surface area contributed by atoms with Crippen LogP contribution in [0, 0.1) is 10.1 Å². The fourth-order valence-electron chi connectivity index (χ4n) is 3.10. The monoisotopic (exact) mass is 296 g/mol. The maximum atomic E-state index is 10.9. The minimum Gasteiger partial charge on any atom is -0.371 e. The second-order valence-electron chi connectivity index (χ2n) is 5.78. The second kappa shape index (κ2) is 6.60. The van der Waals surface area contributed by atoms with Crippen molar-refractivity contribution in [1.82, 2.24) is 0 Å². The minimum absolute atomic E-state index is 0.160. The normalized spacial score (nSPS) is 14.8. The number of non-ortho nitro benzene ring substituents is 1. The third-order valence-electron chi connectivity index (χ3n) is 4.20. The third kappa shape index (κ3) is 3.27. The molecule has 1 saturated heterocycles. The fourth-order valence-corrected chi connectivity index (χ4v) is 3.10. The highest BCUT2D eigenvalue weighted by molar-refractivity contribution is 5.55. The summed E-state index contributed by atoms with van der Waals surface area (Å²) in [6.45, 7) is 2.21. The third-order valence-corrected chi connectivity index (χ3v) is 4.20. The first-order valence-corrected chi connectivity index (χ1v) is 7.80. The Labute approximate surface area is 130 Å². The van der Waals surface area contributed by atoms with Crippen LogP contribution in [0.15, 0.2) is 48.5 Å². The van der Waals surface area contributed by atoms with Gasteiger partial charge >= 0.3 is 0 Å². The zero-order valence-corrected chi connectivity index (χ0v) is 12.6. The lowest BCUT2D eigenvalue weighted by atomic mass is 10.0. The molecule has 0 unspecified atom stereocenters. The van der Waals surface area contributed by atoms with Gasteiger partial charge in [0.25, 0.3) is 5.69 Å². The lowest BCUT2D eigenvalue weighted by Gasteiger charge is -2.30. The molecular formula is C18H20N2O2. The average molecular weight is 296 g/mol. The maximum absolute atomic E-state index is 10.9. The van der Waals surface area contributed by atoms with Gasteiger partial charge in [0.15, 0.2) is 0 Å². The summed E-state index contributed by atoms with van der Waals surface area (Å²) >= 11 is 0. The number of rotatable bonds is 4. The van der Waals surface area contributed by atoms with E-state index in [9.17, 15) is 10.1 Å². The van der Waals surface area contributed by atoms with Gasteiger partial charge in [0.1, 0.15) is 0 Å². The Balaban J connectivity index is 1.86. The Morgan fingerprint density at radius 2 is 1.77 bits per heavy atom. The van der Waals surface area contributed by atoms with Crippen LogP contribution in [0.25, 0.3) is 0 Å². The van der Waals surface area contributed by atoms with Crippen LogP contribution in [0.5, 0.6) is 0 Å². The van der Waals surface area contributed by atoms with E-state index >= 15 is 0 Å². The second-order valence-corrected chi connectivity index (χ2v) is 5.78. The molecular weight excluding hydrogens is 276 g/mol. The molecule has 2 aromatic rings. The Hall–Kier alpha value is -2.36. The van der Waals surface area contributed by atoms with E-state index in [0.717, 1.165) is 25.1 Å². The van der Waals surface area contributed by atoms with E-state index in [1.54, 1.807) is 18.2 Å². The van der Waals surface area contributed by atoms with Gasteiger partial charge in [-0.05, 0) is 42.9 Å². The van der Waals surface area contributed by atoms with E-state index in [4.69, 9.17) is 0 Å². The lowest BCUT2D eigenvalue weighted by molar-refractivity contribution is -0.384. The predicted molar refractivity (Wildman–Crippen MR) is 88.4 cm³/mol. The first-order chi connectivity index (χ1) is 10.7. The highest BCUT2D eigenvalue weighted by atomic mass is 16.6. The molecule has 4 nitrogen and oxygen atoms in total. The van der Waals surface area contributed by atoms with E-state index in [2.05, 4.69) is 23.1 Å². The zero-order chi connectivity index (χ0) is 15.4. The van der Waals surface area contributed by atoms with Gasteiger partial charge in [-0.25, -0.2) is 0 Å². The van der Waals surface area contributed by atoms with E-state index in [1.165, 1.54) is 30.5 Å². The van der Waals surface area contributed by atoms with Gasteiger partial charge in [-0.15, -0.1) is 0 Å². The molecule has 0 N–H and O–H groups in total. The van der Waals surface area contributed by atoms with Gasteiger partial charge in [-0.3, -0.25) is 10.1 Å². The van der Waals surface area contributed by atoms with E-state index < -0.39 is 0 Å². The summed E-state index contributed by atoms with van der Waals surface area (Å²) in [6, 6.07) is 15.3. The highest BCUT2D eigenvalue weighted by Crippen LogP contribution is 2.27. The smallest absolute Gasteiger partial charge is 0.269 e. The number of anilines is 1. The molecule has 114 valence electrons. The molecule has 1 heterocycles. The van der Waals surface area contributed by atoms with Gasteiger partial charge in [-0.2, -0.15) is 0 Å². The number of nitro benzene ring substituents is 1. The molecule has 1 aliphatic heterocycles. The molecule has 0 amide bonds.